The average molecular weight is 280 g/mol. The van der Waals surface area contributed by atoms with Crippen molar-refractivity contribution in [1.29, 1.82) is 0 Å². The standard InChI is InChI=1S/C18H36N2/c1-5-12-19-17-16(10-11-18(17,3)4)14-20-13-8-6-7-9-15(20)2/h15-17,19H,5-14H2,1-4H3. The molecule has 0 aromatic carbocycles. The van der Waals surface area contributed by atoms with Gasteiger partial charge in [-0.1, -0.05) is 33.6 Å². The van der Waals surface area contributed by atoms with E-state index in [1.165, 1.54) is 64.6 Å². The lowest BCUT2D eigenvalue weighted by molar-refractivity contribution is 0.152. The lowest BCUT2D eigenvalue weighted by atomic mass is 9.84. The zero-order valence-corrected chi connectivity index (χ0v) is 14.3. The lowest BCUT2D eigenvalue weighted by Gasteiger charge is -2.36. The van der Waals surface area contributed by atoms with E-state index in [4.69, 9.17) is 0 Å². The third-order valence-corrected chi connectivity index (χ3v) is 5.75. The highest BCUT2D eigenvalue weighted by Crippen LogP contribution is 2.42. The number of nitrogens with zero attached hydrogens (tertiary/aromatic N) is 1. The van der Waals surface area contributed by atoms with Gasteiger partial charge in [-0.3, -0.25) is 0 Å². The highest BCUT2D eigenvalue weighted by atomic mass is 15.2. The van der Waals surface area contributed by atoms with Crippen molar-refractivity contribution in [3.8, 4) is 0 Å². The van der Waals surface area contributed by atoms with Gasteiger partial charge in [0.2, 0.25) is 0 Å². The summed E-state index contributed by atoms with van der Waals surface area (Å²) < 4.78 is 0. The van der Waals surface area contributed by atoms with E-state index in [2.05, 4.69) is 37.9 Å². The molecule has 0 radical (unpaired) electrons. The molecular formula is C18H36N2. The third-order valence-electron chi connectivity index (χ3n) is 5.75. The Balaban J connectivity index is 1.95. The van der Waals surface area contributed by atoms with Crippen LogP contribution in [0.4, 0.5) is 0 Å². The summed E-state index contributed by atoms with van der Waals surface area (Å²) in [6, 6.07) is 1.52. The second kappa shape index (κ2) is 7.26. The highest BCUT2D eigenvalue weighted by molar-refractivity contribution is 4.97. The SMILES string of the molecule is CCCNC1C(CN2CCCCCC2C)CCC1(C)C. The van der Waals surface area contributed by atoms with E-state index in [0.717, 1.165) is 18.0 Å². The minimum Gasteiger partial charge on any atom is -0.313 e. The summed E-state index contributed by atoms with van der Waals surface area (Å²) in [5.74, 6) is 0.858. The number of hydrogen-bond acceptors (Lipinski definition) is 2. The van der Waals surface area contributed by atoms with Crippen LogP contribution in [-0.4, -0.2) is 36.6 Å². The summed E-state index contributed by atoms with van der Waals surface area (Å²) >= 11 is 0. The predicted molar refractivity (Wildman–Crippen MR) is 88.1 cm³/mol. The van der Waals surface area contributed by atoms with Crippen LogP contribution in [0.1, 0.15) is 72.6 Å². The molecule has 0 aromatic heterocycles. The van der Waals surface area contributed by atoms with Crippen LogP contribution >= 0.6 is 0 Å². The predicted octanol–water partition coefficient (Wildman–Crippen LogP) is 4.06. The van der Waals surface area contributed by atoms with E-state index in [1.807, 2.05) is 0 Å². The smallest absolute Gasteiger partial charge is 0.0159 e. The second-order valence-corrected chi connectivity index (χ2v) is 7.91. The molecule has 2 rings (SSSR count). The van der Waals surface area contributed by atoms with Crippen molar-refractivity contribution in [1.82, 2.24) is 10.2 Å². The first-order valence-corrected chi connectivity index (χ1v) is 9.02. The van der Waals surface area contributed by atoms with E-state index < -0.39 is 0 Å². The van der Waals surface area contributed by atoms with Gasteiger partial charge in [-0.25, -0.2) is 0 Å². The quantitative estimate of drug-likeness (QED) is 0.817. The maximum absolute atomic E-state index is 3.87. The van der Waals surface area contributed by atoms with Crippen molar-refractivity contribution in [2.24, 2.45) is 11.3 Å². The van der Waals surface area contributed by atoms with Crippen LogP contribution in [0.25, 0.3) is 0 Å². The number of hydrogen-bond donors (Lipinski definition) is 1. The van der Waals surface area contributed by atoms with Gasteiger partial charge in [0.1, 0.15) is 0 Å². The molecule has 20 heavy (non-hydrogen) atoms. The molecule has 0 bridgehead atoms. The summed E-state index contributed by atoms with van der Waals surface area (Å²) in [7, 11) is 0. The first-order valence-electron chi connectivity index (χ1n) is 9.02. The van der Waals surface area contributed by atoms with Gasteiger partial charge < -0.3 is 10.2 Å². The van der Waals surface area contributed by atoms with E-state index in [0.29, 0.717) is 5.41 Å². The number of rotatable bonds is 5. The second-order valence-electron chi connectivity index (χ2n) is 7.91. The van der Waals surface area contributed by atoms with Crippen LogP contribution in [0.2, 0.25) is 0 Å². The van der Waals surface area contributed by atoms with E-state index in [1.54, 1.807) is 0 Å². The Kier molecular flexibility index (Phi) is 5.92. The molecular weight excluding hydrogens is 244 g/mol. The van der Waals surface area contributed by atoms with Crippen LogP contribution in [0.15, 0.2) is 0 Å². The Bertz CT molecular complexity index is 287. The Morgan fingerprint density at radius 1 is 1.15 bits per heavy atom. The largest absolute Gasteiger partial charge is 0.313 e. The van der Waals surface area contributed by atoms with Gasteiger partial charge in [0.25, 0.3) is 0 Å². The summed E-state index contributed by atoms with van der Waals surface area (Å²) in [5, 5.41) is 3.87. The van der Waals surface area contributed by atoms with Crippen LogP contribution < -0.4 is 5.32 Å². The Morgan fingerprint density at radius 3 is 2.70 bits per heavy atom. The molecule has 118 valence electrons. The Hall–Kier alpha value is -0.0800. The first-order chi connectivity index (χ1) is 9.54. The fourth-order valence-electron chi connectivity index (χ4n) is 4.36. The maximum atomic E-state index is 3.87. The summed E-state index contributed by atoms with van der Waals surface area (Å²) in [4.78, 5) is 2.79. The van der Waals surface area contributed by atoms with Crippen molar-refractivity contribution in [3.63, 3.8) is 0 Å². The molecule has 0 amide bonds. The molecule has 1 N–H and O–H groups in total. The van der Waals surface area contributed by atoms with Gasteiger partial charge in [-0.15, -0.1) is 0 Å². The summed E-state index contributed by atoms with van der Waals surface area (Å²) in [5.41, 5.74) is 0.481. The van der Waals surface area contributed by atoms with Gasteiger partial charge in [0.15, 0.2) is 0 Å². The minimum atomic E-state index is 0.481. The molecule has 1 saturated heterocycles. The van der Waals surface area contributed by atoms with Crippen molar-refractivity contribution in [3.05, 3.63) is 0 Å². The molecule has 1 aliphatic heterocycles. The van der Waals surface area contributed by atoms with Crippen LogP contribution in [0.5, 0.6) is 0 Å². The molecule has 1 aliphatic carbocycles. The molecule has 2 nitrogen and oxygen atoms in total. The van der Waals surface area contributed by atoms with Gasteiger partial charge in [-0.2, -0.15) is 0 Å². The zero-order valence-electron chi connectivity index (χ0n) is 14.3. The van der Waals surface area contributed by atoms with E-state index >= 15 is 0 Å². The van der Waals surface area contributed by atoms with Crippen LogP contribution in [0.3, 0.4) is 0 Å². The van der Waals surface area contributed by atoms with Crippen molar-refractivity contribution in [2.45, 2.75) is 84.7 Å². The fourth-order valence-corrected chi connectivity index (χ4v) is 4.36. The topological polar surface area (TPSA) is 15.3 Å². The molecule has 0 aromatic rings. The summed E-state index contributed by atoms with van der Waals surface area (Å²) in [6.07, 6.45) is 9.74. The van der Waals surface area contributed by atoms with Crippen LogP contribution in [0, 0.1) is 11.3 Å². The average Bonchev–Trinajstić information content (AvgIpc) is 2.56. The molecule has 2 aliphatic rings. The van der Waals surface area contributed by atoms with Gasteiger partial charge in [0, 0.05) is 18.6 Å². The molecule has 2 fully saturated rings. The molecule has 1 saturated carbocycles. The zero-order chi connectivity index (χ0) is 14.6. The van der Waals surface area contributed by atoms with Crippen molar-refractivity contribution >= 4 is 0 Å². The molecule has 1 heterocycles. The molecule has 2 heteroatoms. The highest BCUT2D eigenvalue weighted by Gasteiger charge is 2.42. The van der Waals surface area contributed by atoms with Gasteiger partial charge >= 0.3 is 0 Å². The minimum absolute atomic E-state index is 0.481. The van der Waals surface area contributed by atoms with Crippen LogP contribution in [-0.2, 0) is 0 Å². The van der Waals surface area contributed by atoms with E-state index in [-0.39, 0.29) is 0 Å². The first kappa shape index (κ1) is 16.3. The van der Waals surface area contributed by atoms with Gasteiger partial charge in [-0.05, 0) is 63.5 Å². The van der Waals surface area contributed by atoms with E-state index in [9.17, 15) is 0 Å². The van der Waals surface area contributed by atoms with Crippen molar-refractivity contribution in [2.75, 3.05) is 19.6 Å². The number of likely N-dealkylation sites (tertiary alicyclic amines) is 1. The van der Waals surface area contributed by atoms with Crippen molar-refractivity contribution < 1.29 is 0 Å². The molecule has 3 atom stereocenters. The molecule has 0 spiro atoms. The monoisotopic (exact) mass is 280 g/mol. The van der Waals surface area contributed by atoms with Gasteiger partial charge in [0.05, 0.1) is 0 Å². The Labute approximate surface area is 126 Å². The lowest BCUT2D eigenvalue weighted by Crippen LogP contribution is -2.47. The normalized spacial score (nSPS) is 35.1. The number of nitrogens with one attached hydrogen (secondary N) is 1. The molecule has 3 unspecified atom stereocenters. The summed E-state index contributed by atoms with van der Waals surface area (Å²) in [6.45, 7) is 13.5. The third kappa shape index (κ3) is 3.98. The Morgan fingerprint density at radius 2 is 1.95 bits per heavy atom. The maximum Gasteiger partial charge on any atom is 0.0159 e. The fraction of sp³-hybridized carbons (Fsp3) is 1.00.